The van der Waals surface area contributed by atoms with Gasteiger partial charge in [0, 0.05) is 29.5 Å². The van der Waals surface area contributed by atoms with Gasteiger partial charge in [-0.25, -0.2) is 4.39 Å². The molecule has 0 spiro atoms. The number of methoxy groups -OCH3 is 1. The van der Waals surface area contributed by atoms with E-state index in [1.54, 1.807) is 42.5 Å². The van der Waals surface area contributed by atoms with Crippen molar-refractivity contribution in [3.05, 3.63) is 99.7 Å². The first-order valence-corrected chi connectivity index (χ1v) is 13.2. The number of hydrogen-bond donors (Lipinski definition) is 4. The van der Waals surface area contributed by atoms with Gasteiger partial charge in [0.15, 0.2) is 5.75 Å². The van der Waals surface area contributed by atoms with Crippen LogP contribution in [0, 0.1) is 17.1 Å². The summed E-state index contributed by atoms with van der Waals surface area (Å²) in [6, 6.07) is 15.4. The summed E-state index contributed by atoms with van der Waals surface area (Å²) < 4.78 is 28.9. The average Bonchev–Trinajstić information content (AvgIpc) is 3.69. The second kappa shape index (κ2) is 10.7. The molecule has 4 aromatic rings. The van der Waals surface area contributed by atoms with E-state index in [-0.39, 0.29) is 5.56 Å². The molecule has 202 valence electrons. The summed E-state index contributed by atoms with van der Waals surface area (Å²) >= 11 is 13.1. The number of nitrogens with zero attached hydrogens (tertiary/aromatic N) is 3. The lowest BCUT2D eigenvalue weighted by atomic mass is 10.0. The van der Waals surface area contributed by atoms with Gasteiger partial charge in [-0.05, 0) is 54.8 Å². The Morgan fingerprint density at radius 3 is 2.73 bits per heavy atom. The molecule has 2 heterocycles. The first-order chi connectivity index (χ1) is 19.8. The third-order valence-electron chi connectivity index (χ3n) is 6.68. The van der Waals surface area contributed by atoms with E-state index in [0.29, 0.717) is 61.1 Å². The summed E-state index contributed by atoms with van der Waals surface area (Å²) in [6.07, 6.45) is 5.39. The number of benzene rings is 3. The van der Waals surface area contributed by atoms with Crippen molar-refractivity contribution < 1.29 is 10.5 Å². The molecule has 1 fully saturated rings. The molecule has 6 rings (SSSR count). The number of para-hydroxylation sites is 1. The van der Waals surface area contributed by atoms with Crippen LogP contribution in [-0.4, -0.2) is 23.1 Å². The Bertz CT molecular complexity index is 1730. The fourth-order valence-corrected chi connectivity index (χ4v) is 5.08. The Balaban J connectivity index is 1.47. The third-order valence-corrected chi connectivity index (χ3v) is 7.26. The molecule has 1 unspecified atom stereocenters. The van der Waals surface area contributed by atoms with E-state index in [1.807, 2.05) is 11.2 Å². The molecule has 1 aliphatic carbocycles. The van der Waals surface area contributed by atoms with E-state index in [2.05, 4.69) is 32.6 Å². The molecule has 3 aromatic carbocycles. The number of rotatable bonds is 8. The Morgan fingerprint density at radius 2 is 2.00 bits per heavy atom. The summed E-state index contributed by atoms with van der Waals surface area (Å²) in [5, 5.41) is 19.7. The Kier molecular flexibility index (Phi) is 6.65. The molecular formula is C29H24Cl2FN7O. The van der Waals surface area contributed by atoms with Crippen LogP contribution in [0.5, 0.6) is 5.75 Å². The highest BCUT2D eigenvalue weighted by Crippen LogP contribution is 2.40. The molecule has 40 heavy (non-hydrogen) atoms. The largest absolute Gasteiger partial charge is 0.493 e. The maximum atomic E-state index is 13.8. The van der Waals surface area contributed by atoms with Gasteiger partial charge >= 0.3 is 0 Å². The molecule has 1 atom stereocenters. The maximum absolute atomic E-state index is 13.8. The van der Waals surface area contributed by atoms with Crippen LogP contribution in [0.4, 0.5) is 21.5 Å². The summed E-state index contributed by atoms with van der Waals surface area (Å²) in [5.41, 5.74) is 9.41. The third kappa shape index (κ3) is 5.05. The van der Waals surface area contributed by atoms with Gasteiger partial charge in [-0.15, -0.1) is 5.53 Å². The number of pyridine rings is 1. The van der Waals surface area contributed by atoms with Gasteiger partial charge in [-0.3, -0.25) is 9.99 Å². The zero-order valence-corrected chi connectivity index (χ0v) is 22.7. The first-order valence-electron chi connectivity index (χ1n) is 13.0. The number of fused-ring (bicyclic) bond motifs is 1. The lowest BCUT2D eigenvalue weighted by Gasteiger charge is -2.22. The fourth-order valence-electron chi connectivity index (χ4n) is 4.56. The molecule has 11 heteroatoms. The Hall–Kier alpha value is -4.23. The highest BCUT2D eigenvalue weighted by Gasteiger charge is 2.32. The molecule has 1 aliphatic heterocycles. The van der Waals surface area contributed by atoms with Crippen molar-refractivity contribution in [1.29, 1.82) is 5.26 Å². The highest BCUT2D eigenvalue weighted by molar-refractivity contribution is 6.36. The van der Waals surface area contributed by atoms with Crippen LogP contribution in [0.15, 0.2) is 72.7 Å². The van der Waals surface area contributed by atoms with Crippen LogP contribution in [0.2, 0.25) is 10.0 Å². The fraction of sp³-hybridized carbons (Fsp3) is 0.172. The van der Waals surface area contributed by atoms with Crippen LogP contribution in [-0.2, 0) is 0 Å². The summed E-state index contributed by atoms with van der Waals surface area (Å²) in [5.74, 6) is 0.00931. The zero-order chi connectivity index (χ0) is 28.7. The van der Waals surface area contributed by atoms with E-state index < -0.39 is 11.8 Å². The summed E-state index contributed by atoms with van der Waals surface area (Å²) in [6.45, 7) is 0. The summed E-state index contributed by atoms with van der Waals surface area (Å²) in [7, 11) is 1.51. The number of hydrazine groups is 2. The molecule has 4 N–H and O–H groups in total. The minimum absolute atomic E-state index is 0.271. The van der Waals surface area contributed by atoms with E-state index >= 15 is 0 Å². The second-order valence-corrected chi connectivity index (χ2v) is 10.2. The molecule has 0 bridgehead atoms. The van der Waals surface area contributed by atoms with E-state index in [1.165, 1.54) is 25.4 Å². The lowest BCUT2D eigenvalue weighted by Crippen LogP contribution is -2.38. The van der Waals surface area contributed by atoms with Gasteiger partial charge in [0.1, 0.15) is 11.9 Å². The molecule has 0 saturated heterocycles. The van der Waals surface area contributed by atoms with E-state index in [4.69, 9.17) is 27.9 Å². The normalized spacial score (nSPS) is 16.4. The molecule has 1 saturated carbocycles. The summed E-state index contributed by atoms with van der Waals surface area (Å²) in [4.78, 5) is 4.42. The van der Waals surface area contributed by atoms with Crippen molar-refractivity contribution in [3.8, 4) is 11.8 Å². The molecule has 1 aromatic heterocycles. The predicted molar refractivity (Wildman–Crippen MR) is 155 cm³/mol. The van der Waals surface area contributed by atoms with Crippen LogP contribution in [0.1, 0.15) is 31.4 Å². The maximum Gasteiger partial charge on any atom is 0.160 e. The van der Waals surface area contributed by atoms with E-state index in [0.717, 1.165) is 12.8 Å². The SMILES string of the molecule is [2H]C(Nc1cc(Cl)c2ncc(C#N)c(Nc3cccc(Cl)c3OC)c2c1)(C1=CN(C2CC2)NN1)c1ccc(F)cc1. The van der Waals surface area contributed by atoms with Crippen molar-refractivity contribution in [2.75, 3.05) is 17.7 Å². The number of aromatic nitrogens is 1. The predicted octanol–water partition coefficient (Wildman–Crippen LogP) is 6.79. The molecule has 8 nitrogen and oxygen atoms in total. The Morgan fingerprint density at radius 1 is 1.20 bits per heavy atom. The number of nitrogens with one attached hydrogen (secondary N) is 4. The van der Waals surface area contributed by atoms with Crippen molar-refractivity contribution in [3.63, 3.8) is 0 Å². The number of halogens is 3. The molecule has 0 amide bonds. The second-order valence-electron chi connectivity index (χ2n) is 9.38. The van der Waals surface area contributed by atoms with Crippen molar-refractivity contribution in [2.24, 2.45) is 0 Å². The van der Waals surface area contributed by atoms with Gasteiger partial charge in [0.25, 0.3) is 0 Å². The lowest BCUT2D eigenvalue weighted by molar-refractivity contribution is 0.260. The average molecular weight is 577 g/mol. The molecule has 2 aliphatic rings. The van der Waals surface area contributed by atoms with E-state index in [9.17, 15) is 11.0 Å². The highest BCUT2D eigenvalue weighted by atomic mass is 35.5. The first kappa shape index (κ1) is 24.8. The van der Waals surface area contributed by atoms with Gasteiger partial charge in [-0.2, -0.15) is 5.26 Å². The van der Waals surface area contributed by atoms with Crippen molar-refractivity contribution in [1.82, 2.24) is 21.0 Å². The number of anilines is 3. The van der Waals surface area contributed by atoms with Crippen LogP contribution >= 0.6 is 23.2 Å². The van der Waals surface area contributed by atoms with Gasteiger partial charge < -0.3 is 20.8 Å². The zero-order valence-electron chi connectivity index (χ0n) is 22.2. The monoisotopic (exact) mass is 576 g/mol. The van der Waals surface area contributed by atoms with Crippen LogP contribution in [0.3, 0.4) is 0 Å². The quantitative estimate of drug-likeness (QED) is 0.182. The van der Waals surface area contributed by atoms with Crippen LogP contribution < -0.4 is 26.3 Å². The topological polar surface area (TPSA) is 97.3 Å². The number of nitriles is 1. The minimum atomic E-state index is -1.56. The smallest absolute Gasteiger partial charge is 0.160 e. The number of hydrogen-bond acceptors (Lipinski definition) is 8. The van der Waals surface area contributed by atoms with Crippen molar-refractivity contribution >= 4 is 51.2 Å². The standard InChI is InChI=1S/C29H24Cl2FN7O/c1-40-29-22(30)3-2-4-24(29)36-26-17(13-33)14-34-28-21(26)11-19(12-23(28)31)35-27(16-5-7-18(32)8-6-16)25-15-39(38-37-25)20-9-10-20/h2-8,11-12,14-15,20,27,35,37-38H,9-10H2,1H3,(H,34,36)/i27D. The van der Waals surface area contributed by atoms with Gasteiger partial charge in [0.2, 0.25) is 0 Å². The molecule has 0 radical (unpaired) electrons. The Labute approximate surface area is 241 Å². The molecular weight excluding hydrogens is 552 g/mol. The van der Waals surface area contributed by atoms with Gasteiger partial charge in [-0.1, -0.05) is 41.4 Å². The van der Waals surface area contributed by atoms with Crippen LogP contribution in [0.25, 0.3) is 10.9 Å². The number of ether oxygens (including phenoxy) is 1. The minimum Gasteiger partial charge on any atom is -0.493 e. The van der Waals surface area contributed by atoms with Crippen molar-refractivity contribution in [2.45, 2.75) is 24.9 Å². The van der Waals surface area contributed by atoms with Gasteiger partial charge in [0.05, 0.1) is 52.7 Å².